The van der Waals surface area contributed by atoms with E-state index in [1.165, 1.54) is 0 Å². The summed E-state index contributed by atoms with van der Waals surface area (Å²) in [4.78, 5) is 12.1. The zero-order chi connectivity index (χ0) is 9.84. The molecule has 0 saturated carbocycles. The van der Waals surface area contributed by atoms with Crippen molar-refractivity contribution in [3.63, 3.8) is 0 Å². The highest BCUT2D eigenvalue weighted by Crippen LogP contribution is 2.21. The molecule has 0 amide bonds. The highest BCUT2D eigenvalue weighted by Gasteiger charge is 2.29. The Kier molecular flexibility index (Phi) is 3.59. The first-order valence-corrected chi connectivity index (χ1v) is 4.33. The molecule has 0 aromatic carbocycles. The van der Waals surface area contributed by atoms with Gasteiger partial charge in [0, 0.05) is 19.0 Å². The minimum absolute atomic E-state index is 0.0174. The number of hydrogen-bond acceptors (Lipinski definition) is 2. The maximum absolute atomic E-state index is 11.8. The van der Waals surface area contributed by atoms with E-state index in [1.54, 1.807) is 4.90 Å². The van der Waals surface area contributed by atoms with E-state index in [2.05, 4.69) is 0 Å². The highest BCUT2D eigenvalue weighted by molar-refractivity contribution is 5.67. The van der Waals surface area contributed by atoms with Crippen molar-refractivity contribution >= 4 is 5.97 Å². The summed E-state index contributed by atoms with van der Waals surface area (Å²) in [6, 6.07) is -0.0174. The van der Waals surface area contributed by atoms with Crippen LogP contribution in [0.3, 0.4) is 0 Å². The average Bonchev–Trinajstić information content (AvgIpc) is 1.98. The standard InChI is InChI=1S/C8H13F2NO2/c9-7(10)2-4-11-3-1-6(11)5-8(12)13/h6-7H,1-5H2,(H,12,13). The molecule has 1 aliphatic heterocycles. The molecule has 0 aromatic heterocycles. The number of rotatable bonds is 5. The lowest BCUT2D eigenvalue weighted by Gasteiger charge is -2.40. The van der Waals surface area contributed by atoms with Crippen LogP contribution in [0.5, 0.6) is 0 Å². The molecular formula is C8H13F2NO2. The van der Waals surface area contributed by atoms with Gasteiger partial charge in [-0.3, -0.25) is 9.69 Å². The Morgan fingerprint density at radius 1 is 1.62 bits per heavy atom. The molecule has 1 heterocycles. The van der Waals surface area contributed by atoms with Gasteiger partial charge in [0.15, 0.2) is 0 Å². The van der Waals surface area contributed by atoms with Gasteiger partial charge in [-0.15, -0.1) is 0 Å². The third kappa shape index (κ3) is 3.26. The monoisotopic (exact) mass is 193 g/mol. The van der Waals surface area contributed by atoms with Crippen LogP contribution in [-0.2, 0) is 4.79 Å². The average molecular weight is 193 g/mol. The van der Waals surface area contributed by atoms with Crippen LogP contribution < -0.4 is 0 Å². The van der Waals surface area contributed by atoms with Crippen LogP contribution in [0.1, 0.15) is 19.3 Å². The van der Waals surface area contributed by atoms with Gasteiger partial charge in [-0.05, 0) is 13.0 Å². The van der Waals surface area contributed by atoms with Crippen LogP contribution in [0.2, 0.25) is 0 Å². The molecule has 1 N–H and O–H groups in total. The van der Waals surface area contributed by atoms with E-state index in [0.717, 1.165) is 13.0 Å². The van der Waals surface area contributed by atoms with Crippen molar-refractivity contribution in [3.8, 4) is 0 Å². The molecular weight excluding hydrogens is 180 g/mol. The summed E-state index contributed by atoms with van der Waals surface area (Å²) in [5.74, 6) is -0.855. The number of hydrogen-bond donors (Lipinski definition) is 1. The molecule has 1 atom stereocenters. The number of halogens is 2. The molecule has 0 radical (unpaired) electrons. The molecule has 0 spiro atoms. The number of carboxylic acids is 1. The maximum atomic E-state index is 11.8. The van der Waals surface area contributed by atoms with Crippen molar-refractivity contribution in [1.29, 1.82) is 0 Å². The Morgan fingerprint density at radius 2 is 2.31 bits per heavy atom. The molecule has 76 valence electrons. The maximum Gasteiger partial charge on any atom is 0.304 e. The van der Waals surface area contributed by atoms with Gasteiger partial charge in [-0.1, -0.05) is 0 Å². The topological polar surface area (TPSA) is 40.5 Å². The number of likely N-dealkylation sites (tertiary alicyclic amines) is 1. The van der Waals surface area contributed by atoms with E-state index < -0.39 is 12.4 Å². The van der Waals surface area contributed by atoms with Crippen LogP contribution >= 0.6 is 0 Å². The SMILES string of the molecule is O=C(O)CC1CCN1CCC(F)F. The lowest BCUT2D eigenvalue weighted by molar-refractivity contribution is -0.139. The Labute approximate surface area is 75.3 Å². The summed E-state index contributed by atoms with van der Waals surface area (Å²) in [6.45, 7) is 1.07. The van der Waals surface area contributed by atoms with Crippen molar-refractivity contribution in [2.75, 3.05) is 13.1 Å². The van der Waals surface area contributed by atoms with E-state index in [-0.39, 0.29) is 18.9 Å². The summed E-state index contributed by atoms with van der Waals surface area (Å²) >= 11 is 0. The second-order valence-corrected chi connectivity index (χ2v) is 3.26. The van der Waals surface area contributed by atoms with Gasteiger partial charge < -0.3 is 5.11 Å². The fraction of sp³-hybridized carbons (Fsp3) is 0.875. The first-order chi connectivity index (χ1) is 6.09. The number of nitrogens with zero attached hydrogens (tertiary/aromatic N) is 1. The Hall–Kier alpha value is -0.710. The zero-order valence-electron chi connectivity index (χ0n) is 7.25. The van der Waals surface area contributed by atoms with Crippen molar-refractivity contribution in [2.24, 2.45) is 0 Å². The van der Waals surface area contributed by atoms with Crippen LogP contribution in [0.25, 0.3) is 0 Å². The van der Waals surface area contributed by atoms with E-state index in [1.807, 2.05) is 0 Å². The van der Waals surface area contributed by atoms with Gasteiger partial charge in [0.2, 0.25) is 6.43 Å². The third-order valence-corrected chi connectivity index (χ3v) is 2.31. The minimum atomic E-state index is -2.29. The van der Waals surface area contributed by atoms with E-state index in [9.17, 15) is 13.6 Å². The quantitative estimate of drug-likeness (QED) is 0.713. The van der Waals surface area contributed by atoms with Crippen molar-refractivity contribution in [1.82, 2.24) is 4.90 Å². The highest BCUT2D eigenvalue weighted by atomic mass is 19.3. The molecule has 0 aromatic rings. The number of carbonyl (C=O) groups is 1. The third-order valence-electron chi connectivity index (χ3n) is 2.31. The fourth-order valence-corrected chi connectivity index (χ4v) is 1.48. The van der Waals surface area contributed by atoms with Crippen molar-refractivity contribution in [3.05, 3.63) is 0 Å². The van der Waals surface area contributed by atoms with Crippen molar-refractivity contribution in [2.45, 2.75) is 31.7 Å². The predicted molar refractivity (Wildman–Crippen MR) is 42.9 cm³/mol. The number of aliphatic carboxylic acids is 1. The van der Waals surface area contributed by atoms with Gasteiger partial charge >= 0.3 is 5.97 Å². The molecule has 5 heteroatoms. The second-order valence-electron chi connectivity index (χ2n) is 3.26. The molecule has 3 nitrogen and oxygen atoms in total. The Bertz CT molecular complexity index is 187. The van der Waals surface area contributed by atoms with Gasteiger partial charge in [0.05, 0.1) is 6.42 Å². The van der Waals surface area contributed by atoms with Crippen LogP contribution in [-0.4, -0.2) is 41.5 Å². The number of alkyl halides is 2. The molecule has 0 aliphatic carbocycles. The van der Waals surface area contributed by atoms with Crippen LogP contribution in [0.4, 0.5) is 8.78 Å². The van der Waals surface area contributed by atoms with Crippen molar-refractivity contribution < 1.29 is 18.7 Å². The van der Waals surface area contributed by atoms with E-state index >= 15 is 0 Å². The molecule has 1 aliphatic rings. The smallest absolute Gasteiger partial charge is 0.304 e. The Morgan fingerprint density at radius 3 is 2.69 bits per heavy atom. The molecule has 1 unspecified atom stereocenters. The van der Waals surface area contributed by atoms with Crippen LogP contribution in [0.15, 0.2) is 0 Å². The summed E-state index contributed by atoms with van der Waals surface area (Å²) in [5.41, 5.74) is 0. The second kappa shape index (κ2) is 4.50. The van der Waals surface area contributed by atoms with Crippen LogP contribution in [0, 0.1) is 0 Å². The summed E-state index contributed by atoms with van der Waals surface area (Å²) in [7, 11) is 0. The fourth-order valence-electron chi connectivity index (χ4n) is 1.48. The number of carboxylic acid groups (broad SMARTS) is 1. The first kappa shape index (κ1) is 10.4. The molecule has 1 fully saturated rings. The summed E-state index contributed by atoms with van der Waals surface area (Å²) in [5, 5.41) is 8.47. The lowest BCUT2D eigenvalue weighted by Crippen LogP contribution is -2.49. The predicted octanol–water partition coefficient (Wildman–Crippen LogP) is 1.19. The van der Waals surface area contributed by atoms with E-state index in [4.69, 9.17) is 5.11 Å². The van der Waals surface area contributed by atoms with Gasteiger partial charge in [0.1, 0.15) is 0 Å². The molecule has 13 heavy (non-hydrogen) atoms. The normalized spacial score (nSPS) is 23.2. The van der Waals surface area contributed by atoms with Gasteiger partial charge in [-0.25, -0.2) is 8.78 Å². The van der Waals surface area contributed by atoms with E-state index in [0.29, 0.717) is 6.54 Å². The zero-order valence-corrected chi connectivity index (χ0v) is 7.25. The first-order valence-electron chi connectivity index (χ1n) is 4.33. The lowest BCUT2D eigenvalue weighted by atomic mass is 9.99. The Balaban J connectivity index is 2.17. The summed E-state index contributed by atoms with van der Waals surface area (Å²) in [6.07, 6.45) is -1.55. The largest absolute Gasteiger partial charge is 0.481 e. The van der Waals surface area contributed by atoms with Gasteiger partial charge in [0.25, 0.3) is 0 Å². The summed E-state index contributed by atoms with van der Waals surface area (Å²) < 4.78 is 23.6. The van der Waals surface area contributed by atoms with Gasteiger partial charge in [-0.2, -0.15) is 0 Å². The molecule has 1 rings (SSSR count). The minimum Gasteiger partial charge on any atom is -0.481 e. The molecule has 1 saturated heterocycles. The molecule has 0 bridgehead atoms.